The Kier molecular flexibility index (Phi) is 3.61. The van der Waals surface area contributed by atoms with Crippen molar-refractivity contribution >= 4 is 39.9 Å². The van der Waals surface area contributed by atoms with Gasteiger partial charge in [-0.3, -0.25) is 10.1 Å². The molecule has 1 atom stereocenters. The molecule has 7 heteroatoms. The Morgan fingerprint density at radius 2 is 1.95 bits per heavy atom. The summed E-state index contributed by atoms with van der Waals surface area (Å²) >= 11 is 12.3. The zero-order chi connectivity index (χ0) is 15.0. The van der Waals surface area contributed by atoms with Crippen molar-refractivity contribution in [1.82, 2.24) is 15.2 Å². The van der Waals surface area contributed by atoms with Crippen LogP contribution >= 0.6 is 23.2 Å². The smallest absolute Gasteiger partial charge is 0.153 e. The lowest BCUT2D eigenvalue weighted by atomic mass is 10.1. The average Bonchev–Trinajstić information content (AvgIpc) is 2.80. The lowest BCUT2D eigenvalue weighted by molar-refractivity contribution is 0.227. The maximum absolute atomic E-state index is 6.13. The molecule has 3 aromatic rings. The largest absolute Gasteiger partial charge is 0.486 e. The van der Waals surface area contributed by atoms with Crippen LogP contribution in [0, 0.1) is 0 Å². The molecule has 108 valence electrons. The fourth-order valence-corrected chi connectivity index (χ4v) is 2.83. The van der Waals surface area contributed by atoms with Gasteiger partial charge in [0.15, 0.2) is 5.82 Å². The van der Waals surface area contributed by atoms with Gasteiger partial charge >= 0.3 is 0 Å². The van der Waals surface area contributed by atoms with E-state index < -0.39 is 0 Å². The van der Waals surface area contributed by atoms with E-state index in [4.69, 9.17) is 33.7 Å². The van der Waals surface area contributed by atoms with Crippen molar-refractivity contribution in [2.45, 2.75) is 13.0 Å². The van der Waals surface area contributed by atoms with Crippen LogP contribution in [-0.4, -0.2) is 15.2 Å². The number of halogens is 2. The van der Waals surface area contributed by atoms with Gasteiger partial charge < -0.3 is 10.5 Å². The minimum absolute atomic E-state index is 0.321. The Morgan fingerprint density at radius 3 is 2.67 bits per heavy atom. The standard InChI is InChI=1S/C14H12Cl2N4O/c1-7(13-10(15)5-18-6-11(13)16)21-8-2-3-12-9(4-8)14(17)20-19-12/h2-7H,1H3,(H3,17,19,20)/t7-/m1/s1. The molecule has 0 fully saturated rings. The van der Waals surface area contributed by atoms with E-state index in [0.717, 1.165) is 10.9 Å². The van der Waals surface area contributed by atoms with Gasteiger partial charge in [-0.15, -0.1) is 0 Å². The van der Waals surface area contributed by atoms with Crippen LogP contribution in [0.15, 0.2) is 30.6 Å². The number of nitrogen functional groups attached to an aromatic ring is 1. The molecular formula is C14H12Cl2N4O. The third-order valence-electron chi connectivity index (χ3n) is 3.17. The molecule has 0 aliphatic rings. The third kappa shape index (κ3) is 2.62. The van der Waals surface area contributed by atoms with Crippen molar-refractivity contribution in [2.24, 2.45) is 0 Å². The first-order valence-electron chi connectivity index (χ1n) is 6.25. The van der Waals surface area contributed by atoms with E-state index >= 15 is 0 Å². The fourth-order valence-electron chi connectivity index (χ4n) is 2.16. The molecule has 5 nitrogen and oxygen atoms in total. The van der Waals surface area contributed by atoms with Crippen molar-refractivity contribution in [3.05, 3.63) is 46.2 Å². The molecule has 2 heterocycles. The van der Waals surface area contributed by atoms with Crippen molar-refractivity contribution in [3.8, 4) is 5.75 Å². The number of hydrogen-bond acceptors (Lipinski definition) is 4. The van der Waals surface area contributed by atoms with Gasteiger partial charge in [0.25, 0.3) is 0 Å². The number of ether oxygens (including phenoxy) is 1. The van der Waals surface area contributed by atoms with Crippen LogP contribution in [0.3, 0.4) is 0 Å². The first-order valence-corrected chi connectivity index (χ1v) is 7.01. The number of H-pyrrole nitrogens is 1. The highest BCUT2D eigenvalue weighted by molar-refractivity contribution is 6.35. The molecular weight excluding hydrogens is 311 g/mol. The minimum Gasteiger partial charge on any atom is -0.486 e. The second-order valence-corrected chi connectivity index (χ2v) is 5.41. The van der Waals surface area contributed by atoms with E-state index in [1.165, 1.54) is 0 Å². The number of fused-ring (bicyclic) bond motifs is 1. The predicted octanol–water partition coefficient (Wildman–Crippen LogP) is 3.99. The zero-order valence-electron chi connectivity index (χ0n) is 11.1. The zero-order valence-corrected chi connectivity index (χ0v) is 12.6. The van der Waals surface area contributed by atoms with Gasteiger partial charge in [0.2, 0.25) is 0 Å². The SMILES string of the molecule is C[C@@H](Oc1ccc2[nH]nc(N)c2c1)c1c(Cl)cncc1Cl. The molecule has 3 rings (SSSR count). The predicted molar refractivity (Wildman–Crippen MR) is 83.8 cm³/mol. The van der Waals surface area contributed by atoms with Crippen LogP contribution < -0.4 is 10.5 Å². The Hall–Kier alpha value is -1.98. The van der Waals surface area contributed by atoms with Crippen molar-refractivity contribution in [1.29, 1.82) is 0 Å². The summed E-state index contributed by atoms with van der Waals surface area (Å²) in [4.78, 5) is 3.93. The molecule has 0 aliphatic carbocycles. The van der Waals surface area contributed by atoms with Gasteiger partial charge in [-0.1, -0.05) is 23.2 Å². The van der Waals surface area contributed by atoms with Crippen LogP contribution in [0.25, 0.3) is 10.9 Å². The molecule has 2 aromatic heterocycles. The Balaban J connectivity index is 1.92. The number of nitrogens with zero attached hydrogens (tertiary/aromatic N) is 2. The van der Waals surface area contributed by atoms with Crippen LogP contribution in [-0.2, 0) is 0 Å². The molecule has 0 saturated heterocycles. The van der Waals surface area contributed by atoms with Gasteiger partial charge in [0.05, 0.1) is 15.6 Å². The van der Waals surface area contributed by atoms with Crippen molar-refractivity contribution in [3.63, 3.8) is 0 Å². The first kappa shape index (κ1) is 14.0. The number of benzene rings is 1. The maximum atomic E-state index is 6.13. The molecule has 0 spiro atoms. The summed E-state index contributed by atoms with van der Waals surface area (Å²) in [6, 6.07) is 5.52. The van der Waals surface area contributed by atoms with Gasteiger partial charge in [-0.05, 0) is 25.1 Å². The van der Waals surface area contributed by atoms with Gasteiger partial charge in [0, 0.05) is 23.3 Å². The van der Waals surface area contributed by atoms with Crippen LogP contribution in [0.2, 0.25) is 10.0 Å². The summed E-state index contributed by atoms with van der Waals surface area (Å²) in [5.74, 6) is 1.09. The minimum atomic E-state index is -0.321. The molecule has 1 aromatic carbocycles. The van der Waals surface area contributed by atoms with E-state index in [1.54, 1.807) is 12.4 Å². The fraction of sp³-hybridized carbons (Fsp3) is 0.143. The van der Waals surface area contributed by atoms with Crippen LogP contribution in [0.4, 0.5) is 5.82 Å². The summed E-state index contributed by atoms with van der Waals surface area (Å²) in [5.41, 5.74) is 7.34. The number of hydrogen-bond donors (Lipinski definition) is 2. The summed E-state index contributed by atoms with van der Waals surface area (Å²) in [7, 11) is 0. The van der Waals surface area contributed by atoms with E-state index in [-0.39, 0.29) is 6.10 Å². The summed E-state index contributed by atoms with van der Waals surface area (Å²) in [5, 5.41) is 8.54. The monoisotopic (exact) mass is 322 g/mol. The second kappa shape index (κ2) is 5.42. The number of aromatic nitrogens is 3. The Bertz CT molecular complexity index is 783. The maximum Gasteiger partial charge on any atom is 0.153 e. The molecule has 0 aliphatic heterocycles. The molecule has 0 radical (unpaired) electrons. The van der Waals surface area contributed by atoms with Crippen LogP contribution in [0.5, 0.6) is 5.75 Å². The normalized spacial score (nSPS) is 12.5. The summed E-state index contributed by atoms with van der Waals surface area (Å²) < 4.78 is 5.90. The molecule has 0 bridgehead atoms. The number of nitrogens with two attached hydrogens (primary N) is 1. The third-order valence-corrected chi connectivity index (χ3v) is 3.78. The Labute approximate surface area is 131 Å². The lowest BCUT2D eigenvalue weighted by Crippen LogP contribution is -2.05. The Morgan fingerprint density at radius 1 is 1.24 bits per heavy atom. The number of anilines is 1. The second-order valence-electron chi connectivity index (χ2n) is 4.59. The number of aromatic amines is 1. The van der Waals surface area contributed by atoms with E-state index in [2.05, 4.69) is 15.2 Å². The molecule has 0 unspecified atom stereocenters. The number of pyridine rings is 1. The first-order chi connectivity index (χ1) is 10.1. The van der Waals surface area contributed by atoms with Crippen molar-refractivity contribution in [2.75, 3.05) is 5.73 Å². The average molecular weight is 323 g/mol. The summed E-state index contributed by atoms with van der Waals surface area (Å²) in [6.45, 7) is 1.87. The molecule has 0 saturated carbocycles. The number of nitrogens with one attached hydrogen (secondary N) is 1. The van der Waals surface area contributed by atoms with E-state index in [1.807, 2.05) is 25.1 Å². The highest BCUT2D eigenvalue weighted by Gasteiger charge is 2.16. The van der Waals surface area contributed by atoms with Gasteiger partial charge in [-0.25, -0.2) is 0 Å². The lowest BCUT2D eigenvalue weighted by Gasteiger charge is -2.17. The number of rotatable bonds is 3. The quantitative estimate of drug-likeness (QED) is 0.764. The molecule has 3 N–H and O–H groups in total. The van der Waals surface area contributed by atoms with Crippen LogP contribution in [0.1, 0.15) is 18.6 Å². The van der Waals surface area contributed by atoms with Gasteiger partial charge in [-0.2, -0.15) is 5.10 Å². The van der Waals surface area contributed by atoms with Crippen molar-refractivity contribution < 1.29 is 4.74 Å². The van der Waals surface area contributed by atoms with Gasteiger partial charge in [0.1, 0.15) is 11.9 Å². The highest BCUT2D eigenvalue weighted by Crippen LogP contribution is 2.33. The summed E-state index contributed by atoms with van der Waals surface area (Å²) in [6.07, 6.45) is 2.76. The highest BCUT2D eigenvalue weighted by atomic mass is 35.5. The van der Waals surface area contributed by atoms with E-state index in [9.17, 15) is 0 Å². The topological polar surface area (TPSA) is 76.8 Å². The molecule has 0 amide bonds. The van der Waals surface area contributed by atoms with E-state index in [0.29, 0.717) is 27.2 Å². The molecule has 21 heavy (non-hydrogen) atoms.